The number of amides is 2. The van der Waals surface area contributed by atoms with E-state index < -0.39 is 6.04 Å². The van der Waals surface area contributed by atoms with E-state index in [1.54, 1.807) is 59.4 Å². The minimum atomic E-state index is -0.438. The Morgan fingerprint density at radius 3 is 1.56 bits per heavy atom. The molecule has 0 bridgehead atoms. The summed E-state index contributed by atoms with van der Waals surface area (Å²) in [5, 5.41) is 8.08. The number of nitrogens with two attached hydrogens (primary N) is 1. The SMILES string of the molecule is BrCCCCBr.CCC1C(=O)N(C)c2cnc(-n3ccnc3-c3ccccc3)nc2N1N.CCC1C(=O)N(C)c2cnc(-n3ccnc3-c3ccccc3)nc2N1N1CCCC1. The zero-order chi connectivity index (χ0) is 43.8. The van der Waals surface area contributed by atoms with Gasteiger partial charge in [0.2, 0.25) is 11.9 Å². The molecule has 7 heterocycles. The van der Waals surface area contributed by atoms with Crippen molar-refractivity contribution in [3.05, 3.63) is 97.8 Å². The van der Waals surface area contributed by atoms with Crippen LogP contribution < -0.4 is 25.7 Å². The Labute approximate surface area is 379 Å². The highest BCUT2D eigenvalue weighted by Gasteiger charge is 2.41. The summed E-state index contributed by atoms with van der Waals surface area (Å²) in [7, 11) is 3.52. The highest BCUT2D eigenvalue weighted by molar-refractivity contribution is 9.09. The van der Waals surface area contributed by atoms with Crippen LogP contribution in [0.1, 0.15) is 52.4 Å². The summed E-state index contributed by atoms with van der Waals surface area (Å²) in [6, 6.07) is 19.1. The topological polar surface area (TPSA) is 164 Å². The molecule has 0 spiro atoms. The molecular formula is C44H52Br2N14O2. The molecular weight excluding hydrogens is 916 g/mol. The molecule has 3 aliphatic rings. The number of likely N-dealkylation sites (N-methyl/N-ethyl adjacent to an activating group) is 2. The number of alkyl halides is 2. The van der Waals surface area contributed by atoms with Gasteiger partial charge in [-0.15, -0.1) is 0 Å². The Morgan fingerprint density at radius 1 is 0.645 bits per heavy atom. The maximum Gasteiger partial charge on any atom is 0.251 e. The van der Waals surface area contributed by atoms with Crippen molar-refractivity contribution in [2.45, 2.75) is 64.5 Å². The Bertz CT molecular complexity index is 2420. The zero-order valence-corrected chi connectivity index (χ0v) is 38.6. The fourth-order valence-electron chi connectivity index (χ4n) is 7.67. The van der Waals surface area contributed by atoms with Crippen molar-refractivity contribution in [1.82, 2.24) is 44.0 Å². The van der Waals surface area contributed by atoms with Crippen molar-refractivity contribution in [2.24, 2.45) is 5.84 Å². The Kier molecular flexibility index (Phi) is 14.7. The molecule has 18 heteroatoms. The standard InChI is InChI=1S/C22H25N7O.C18H19N7O.C4H8Br2/c1-3-17-21(30)26(2)18-15-24-22(25-20(18)29(17)27-12-7-8-13-27)28-14-11-23-19(28)16-9-5-4-6-10-16;1-3-13-17(26)23(2)14-11-21-18(22-16(14)25(13)19)24-10-9-20-15(24)12-7-5-4-6-8-12;5-3-1-2-4-6/h4-6,9-11,14-15,17H,3,7-8,12-13H2,1-2H3;4-11,13H,3,19H2,1-2H3;1-4H2. The second-order valence-corrected chi connectivity index (χ2v) is 16.5. The van der Waals surface area contributed by atoms with E-state index in [4.69, 9.17) is 10.8 Å². The van der Waals surface area contributed by atoms with Gasteiger partial charge in [-0.05, 0) is 38.5 Å². The summed E-state index contributed by atoms with van der Waals surface area (Å²) in [5.74, 6) is 10.0. The van der Waals surface area contributed by atoms with Gasteiger partial charge in [-0.3, -0.25) is 28.7 Å². The molecule has 2 N–H and O–H groups in total. The van der Waals surface area contributed by atoms with Crippen LogP contribution in [-0.2, 0) is 9.59 Å². The van der Waals surface area contributed by atoms with E-state index in [-0.39, 0.29) is 17.9 Å². The van der Waals surface area contributed by atoms with Gasteiger partial charge in [0.1, 0.15) is 35.1 Å². The first-order valence-corrected chi connectivity index (χ1v) is 23.1. The molecule has 2 unspecified atom stereocenters. The fraction of sp³-hybridized carbons (Fsp3) is 0.364. The molecule has 2 atom stereocenters. The average molecular weight is 969 g/mol. The summed E-state index contributed by atoms with van der Waals surface area (Å²) in [6.07, 6.45) is 16.7. The lowest BCUT2D eigenvalue weighted by molar-refractivity contribution is -0.121. The van der Waals surface area contributed by atoms with Crippen LogP contribution in [0.2, 0.25) is 0 Å². The van der Waals surface area contributed by atoms with Gasteiger partial charge in [-0.25, -0.2) is 30.8 Å². The molecule has 6 aromatic rings. The summed E-state index contributed by atoms with van der Waals surface area (Å²) in [6.45, 7) is 5.85. The van der Waals surface area contributed by atoms with Crippen LogP contribution in [-0.4, -0.2) is 106 Å². The first-order valence-electron chi connectivity index (χ1n) is 20.9. The largest absolute Gasteiger partial charge is 0.309 e. The number of aromatic nitrogens is 8. The number of nitrogens with zero attached hydrogens (tertiary/aromatic N) is 13. The van der Waals surface area contributed by atoms with Crippen molar-refractivity contribution in [2.75, 3.05) is 57.7 Å². The second-order valence-electron chi connectivity index (χ2n) is 14.9. The summed E-state index contributed by atoms with van der Waals surface area (Å²) in [4.78, 5) is 56.2. The van der Waals surface area contributed by atoms with Crippen molar-refractivity contribution < 1.29 is 9.59 Å². The van der Waals surface area contributed by atoms with E-state index in [9.17, 15) is 9.59 Å². The van der Waals surface area contributed by atoms with E-state index in [1.807, 2.05) is 78.4 Å². The molecule has 2 amide bonds. The lowest BCUT2D eigenvalue weighted by Crippen LogP contribution is -2.58. The Morgan fingerprint density at radius 2 is 1.10 bits per heavy atom. The van der Waals surface area contributed by atoms with Crippen LogP contribution in [0.3, 0.4) is 0 Å². The lowest BCUT2D eigenvalue weighted by Gasteiger charge is -2.44. The second kappa shape index (κ2) is 20.5. The maximum absolute atomic E-state index is 13.0. The van der Waals surface area contributed by atoms with Gasteiger partial charge in [0.05, 0.1) is 12.4 Å². The van der Waals surface area contributed by atoms with E-state index >= 15 is 0 Å². The first-order chi connectivity index (χ1) is 30.2. The number of hydrazine groups is 2. The molecule has 0 saturated carbocycles. The number of anilines is 4. The number of hydrogen-bond acceptors (Lipinski definition) is 12. The summed E-state index contributed by atoms with van der Waals surface area (Å²) in [5.41, 5.74) is 3.29. The van der Waals surface area contributed by atoms with Crippen molar-refractivity contribution in [3.63, 3.8) is 0 Å². The normalized spacial score (nSPS) is 17.3. The molecule has 0 aliphatic carbocycles. The molecule has 16 nitrogen and oxygen atoms in total. The molecule has 3 aliphatic heterocycles. The minimum absolute atomic E-state index is 0.0635. The number of halogens is 2. The molecule has 62 heavy (non-hydrogen) atoms. The van der Waals surface area contributed by atoms with Gasteiger partial charge < -0.3 is 9.80 Å². The van der Waals surface area contributed by atoms with Crippen LogP contribution in [0.25, 0.3) is 34.7 Å². The van der Waals surface area contributed by atoms with Gasteiger partial charge in [0, 0.05) is 73.8 Å². The third-order valence-electron chi connectivity index (χ3n) is 11.0. The Balaban J connectivity index is 0.000000166. The van der Waals surface area contributed by atoms with Crippen LogP contribution >= 0.6 is 31.9 Å². The number of imidazole rings is 2. The van der Waals surface area contributed by atoms with Crippen LogP contribution in [0.4, 0.5) is 23.0 Å². The molecule has 9 rings (SSSR count). The number of unbranched alkanes of at least 4 members (excludes halogenated alkanes) is 1. The van der Waals surface area contributed by atoms with Gasteiger partial charge >= 0.3 is 0 Å². The molecule has 1 saturated heterocycles. The highest BCUT2D eigenvalue weighted by Crippen LogP contribution is 2.37. The van der Waals surface area contributed by atoms with Crippen LogP contribution in [0, 0.1) is 0 Å². The number of hydrogen-bond donors (Lipinski definition) is 1. The third-order valence-corrected chi connectivity index (χ3v) is 12.1. The first kappa shape index (κ1) is 44.5. The van der Waals surface area contributed by atoms with E-state index in [0.29, 0.717) is 29.8 Å². The Hall–Kier alpha value is -5.56. The predicted molar refractivity (Wildman–Crippen MR) is 251 cm³/mol. The molecule has 1 fully saturated rings. The van der Waals surface area contributed by atoms with Crippen molar-refractivity contribution >= 4 is 66.7 Å². The summed E-state index contributed by atoms with van der Waals surface area (Å²) < 4.78 is 3.70. The van der Waals surface area contributed by atoms with Crippen LogP contribution in [0.15, 0.2) is 97.8 Å². The summed E-state index contributed by atoms with van der Waals surface area (Å²) >= 11 is 6.66. The van der Waals surface area contributed by atoms with E-state index in [2.05, 4.69) is 73.7 Å². The van der Waals surface area contributed by atoms with Gasteiger partial charge in [-0.2, -0.15) is 9.97 Å². The monoisotopic (exact) mass is 966 g/mol. The fourth-order valence-corrected chi connectivity index (χ4v) is 8.46. The molecule has 324 valence electrons. The number of rotatable bonds is 10. The number of benzene rings is 2. The quantitative estimate of drug-likeness (QED) is 0.0835. The third kappa shape index (κ3) is 9.14. The van der Waals surface area contributed by atoms with Gasteiger partial charge in [-0.1, -0.05) is 106 Å². The molecule has 0 radical (unpaired) electrons. The molecule has 2 aromatic carbocycles. The number of fused-ring (bicyclic) bond motifs is 2. The van der Waals surface area contributed by atoms with Gasteiger partial charge in [0.25, 0.3) is 11.8 Å². The van der Waals surface area contributed by atoms with Crippen molar-refractivity contribution in [3.8, 4) is 34.7 Å². The lowest BCUT2D eigenvalue weighted by atomic mass is 10.1. The highest BCUT2D eigenvalue weighted by atomic mass is 79.9. The average Bonchev–Trinajstić information content (AvgIpc) is 4.14. The van der Waals surface area contributed by atoms with Gasteiger partial charge in [0.15, 0.2) is 11.6 Å². The number of carbonyl (C=O) groups excluding carboxylic acids is 2. The minimum Gasteiger partial charge on any atom is -0.309 e. The number of carbonyl (C=O) groups is 2. The smallest absolute Gasteiger partial charge is 0.251 e. The van der Waals surface area contributed by atoms with E-state index in [1.165, 1.54) is 17.9 Å². The van der Waals surface area contributed by atoms with E-state index in [0.717, 1.165) is 77.3 Å². The zero-order valence-electron chi connectivity index (χ0n) is 35.4. The molecule has 4 aromatic heterocycles. The van der Waals surface area contributed by atoms with Crippen LogP contribution in [0.5, 0.6) is 0 Å². The van der Waals surface area contributed by atoms with Crippen molar-refractivity contribution in [1.29, 1.82) is 0 Å². The maximum atomic E-state index is 13.0. The predicted octanol–water partition coefficient (Wildman–Crippen LogP) is 7.22.